The normalized spacial score (nSPS) is 23.7. The summed E-state index contributed by atoms with van der Waals surface area (Å²) in [5.41, 5.74) is 2.92. The molecular formula is C23H23FN4OS. The van der Waals surface area contributed by atoms with Crippen LogP contribution in [0.4, 0.5) is 4.39 Å². The Morgan fingerprint density at radius 2 is 2.00 bits per heavy atom. The zero-order valence-corrected chi connectivity index (χ0v) is 17.3. The Bertz CT molecular complexity index is 1020. The van der Waals surface area contributed by atoms with E-state index in [-0.39, 0.29) is 24.0 Å². The van der Waals surface area contributed by atoms with Crippen LogP contribution in [0, 0.1) is 5.82 Å². The summed E-state index contributed by atoms with van der Waals surface area (Å²) in [7, 11) is 0. The van der Waals surface area contributed by atoms with Crippen molar-refractivity contribution in [2.45, 2.75) is 31.0 Å². The fourth-order valence-corrected chi connectivity index (χ4v) is 4.72. The molecule has 3 atom stereocenters. The van der Waals surface area contributed by atoms with Crippen LogP contribution in [0.1, 0.15) is 36.3 Å². The molecule has 5 rings (SSSR count). The van der Waals surface area contributed by atoms with Gasteiger partial charge in [-0.3, -0.25) is 4.98 Å². The van der Waals surface area contributed by atoms with Crippen molar-refractivity contribution < 1.29 is 9.13 Å². The van der Waals surface area contributed by atoms with Gasteiger partial charge in [-0.05, 0) is 73.6 Å². The quantitative estimate of drug-likeness (QED) is 0.626. The lowest BCUT2D eigenvalue weighted by Crippen LogP contribution is -2.36. The number of nitrogens with zero attached hydrogens (tertiary/aromatic N) is 3. The topological polar surface area (TPSA) is 42.3 Å². The van der Waals surface area contributed by atoms with Gasteiger partial charge in [0.05, 0.1) is 23.9 Å². The maximum atomic E-state index is 13.5. The molecule has 30 heavy (non-hydrogen) atoms. The lowest BCUT2D eigenvalue weighted by molar-refractivity contribution is 0.0836. The Kier molecular flexibility index (Phi) is 5.23. The molecule has 154 valence electrons. The fraction of sp³-hybridized carbons (Fsp3) is 0.304. The highest BCUT2D eigenvalue weighted by molar-refractivity contribution is 7.80. The maximum absolute atomic E-state index is 13.5. The molecule has 7 heteroatoms. The molecule has 0 saturated carbocycles. The third-order valence-corrected chi connectivity index (χ3v) is 6.16. The van der Waals surface area contributed by atoms with Crippen LogP contribution in [-0.2, 0) is 4.74 Å². The smallest absolute Gasteiger partial charge is 0.170 e. The van der Waals surface area contributed by atoms with Gasteiger partial charge in [-0.1, -0.05) is 6.07 Å². The molecule has 3 unspecified atom stereocenters. The zero-order chi connectivity index (χ0) is 20.5. The largest absolute Gasteiger partial charge is 0.376 e. The Morgan fingerprint density at radius 1 is 1.13 bits per heavy atom. The van der Waals surface area contributed by atoms with E-state index < -0.39 is 0 Å². The second-order valence-electron chi connectivity index (χ2n) is 7.69. The van der Waals surface area contributed by atoms with Gasteiger partial charge in [0, 0.05) is 36.9 Å². The highest BCUT2D eigenvalue weighted by Gasteiger charge is 2.42. The van der Waals surface area contributed by atoms with E-state index in [1.807, 2.05) is 30.5 Å². The van der Waals surface area contributed by atoms with Crippen LogP contribution in [-0.4, -0.2) is 38.8 Å². The first-order valence-corrected chi connectivity index (χ1v) is 10.6. The molecule has 0 spiro atoms. The monoisotopic (exact) mass is 422 g/mol. The third kappa shape index (κ3) is 3.59. The molecule has 2 saturated heterocycles. The van der Waals surface area contributed by atoms with E-state index >= 15 is 0 Å². The fourth-order valence-electron chi connectivity index (χ4n) is 4.40. The molecule has 2 aromatic heterocycles. The molecular weight excluding hydrogens is 399 g/mol. The van der Waals surface area contributed by atoms with E-state index in [0.717, 1.165) is 43.1 Å². The van der Waals surface area contributed by atoms with E-state index in [1.54, 1.807) is 18.3 Å². The van der Waals surface area contributed by atoms with Crippen LogP contribution in [0.3, 0.4) is 0 Å². The number of benzene rings is 1. The molecule has 3 aromatic rings. The Morgan fingerprint density at radius 3 is 2.73 bits per heavy atom. The van der Waals surface area contributed by atoms with Crippen molar-refractivity contribution in [3.05, 3.63) is 84.2 Å². The SMILES string of the molecule is Fc1ccc(-n2cccc2C2C(c3ccccn3)NC(=S)N2CC2CCCO2)cc1. The summed E-state index contributed by atoms with van der Waals surface area (Å²) in [6.07, 6.45) is 6.10. The molecule has 5 nitrogen and oxygen atoms in total. The Hall–Kier alpha value is -2.77. The number of pyridine rings is 1. The number of aromatic nitrogens is 2. The minimum absolute atomic E-state index is 0.0587. The molecule has 1 N–H and O–H groups in total. The summed E-state index contributed by atoms with van der Waals surface area (Å²) in [4.78, 5) is 6.82. The van der Waals surface area contributed by atoms with E-state index in [1.165, 1.54) is 12.1 Å². The first-order chi connectivity index (χ1) is 14.7. The van der Waals surface area contributed by atoms with Crippen molar-refractivity contribution in [3.8, 4) is 5.69 Å². The molecule has 2 fully saturated rings. The Labute approximate surface area is 180 Å². The van der Waals surface area contributed by atoms with Gasteiger partial charge in [-0.15, -0.1) is 0 Å². The molecule has 2 aliphatic rings. The third-order valence-electron chi connectivity index (χ3n) is 5.81. The van der Waals surface area contributed by atoms with E-state index in [0.29, 0.717) is 5.11 Å². The highest BCUT2D eigenvalue weighted by atomic mass is 32.1. The van der Waals surface area contributed by atoms with Gasteiger partial charge < -0.3 is 19.5 Å². The van der Waals surface area contributed by atoms with Crippen molar-refractivity contribution >= 4 is 17.3 Å². The molecule has 0 radical (unpaired) electrons. The highest BCUT2D eigenvalue weighted by Crippen LogP contribution is 2.40. The lowest BCUT2D eigenvalue weighted by Gasteiger charge is -2.30. The van der Waals surface area contributed by atoms with Crippen LogP contribution in [0.2, 0.25) is 0 Å². The van der Waals surface area contributed by atoms with Crippen molar-refractivity contribution in [2.24, 2.45) is 0 Å². The minimum Gasteiger partial charge on any atom is -0.376 e. The molecule has 0 bridgehead atoms. The van der Waals surface area contributed by atoms with Crippen LogP contribution in [0.15, 0.2) is 67.0 Å². The van der Waals surface area contributed by atoms with E-state index in [2.05, 4.69) is 25.8 Å². The minimum atomic E-state index is -0.248. The predicted octanol–water partition coefficient (Wildman–Crippen LogP) is 4.16. The van der Waals surface area contributed by atoms with Crippen LogP contribution in [0.5, 0.6) is 0 Å². The zero-order valence-electron chi connectivity index (χ0n) is 16.4. The van der Waals surface area contributed by atoms with Gasteiger partial charge in [0.2, 0.25) is 0 Å². The van der Waals surface area contributed by atoms with Crippen molar-refractivity contribution in [1.82, 2.24) is 19.8 Å². The summed E-state index contributed by atoms with van der Waals surface area (Å²) in [5.74, 6) is -0.248. The summed E-state index contributed by atoms with van der Waals surface area (Å²) in [6.45, 7) is 1.54. The molecule has 2 aliphatic heterocycles. The predicted molar refractivity (Wildman–Crippen MR) is 117 cm³/mol. The summed E-state index contributed by atoms with van der Waals surface area (Å²) in [5, 5.41) is 4.19. The number of rotatable bonds is 5. The number of hydrogen-bond acceptors (Lipinski definition) is 3. The van der Waals surface area contributed by atoms with Crippen molar-refractivity contribution in [1.29, 1.82) is 0 Å². The van der Waals surface area contributed by atoms with E-state index in [9.17, 15) is 4.39 Å². The van der Waals surface area contributed by atoms with Crippen LogP contribution in [0.25, 0.3) is 5.69 Å². The van der Waals surface area contributed by atoms with Gasteiger partial charge in [0.15, 0.2) is 5.11 Å². The maximum Gasteiger partial charge on any atom is 0.170 e. The number of nitrogens with one attached hydrogen (secondary N) is 1. The van der Waals surface area contributed by atoms with Gasteiger partial charge in [-0.2, -0.15) is 0 Å². The van der Waals surface area contributed by atoms with Crippen molar-refractivity contribution in [2.75, 3.05) is 13.2 Å². The average Bonchev–Trinajstić information content (AvgIpc) is 3.51. The molecule has 0 aliphatic carbocycles. The molecule has 1 aromatic carbocycles. The second kappa shape index (κ2) is 8.16. The van der Waals surface area contributed by atoms with Gasteiger partial charge >= 0.3 is 0 Å². The van der Waals surface area contributed by atoms with Gasteiger partial charge in [0.1, 0.15) is 5.82 Å². The number of halogens is 1. The van der Waals surface area contributed by atoms with E-state index in [4.69, 9.17) is 17.0 Å². The first kappa shape index (κ1) is 19.2. The van der Waals surface area contributed by atoms with Crippen molar-refractivity contribution in [3.63, 3.8) is 0 Å². The van der Waals surface area contributed by atoms with Gasteiger partial charge in [0.25, 0.3) is 0 Å². The van der Waals surface area contributed by atoms with Crippen LogP contribution < -0.4 is 5.32 Å². The number of thiocarbonyl (C=S) groups is 1. The summed E-state index contributed by atoms with van der Waals surface area (Å²) < 4.78 is 21.5. The first-order valence-electron chi connectivity index (χ1n) is 10.2. The molecule has 4 heterocycles. The van der Waals surface area contributed by atoms with Crippen LogP contribution >= 0.6 is 12.2 Å². The Balaban J connectivity index is 1.56. The lowest BCUT2D eigenvalue weighted by atomic mass is 10.0. The number of ether oxygens (including phenoxy) is 1. The summed E-state index contributed by atoms with van der Waals surface area (Å²) >= 11 is 5.75. The van der Waals surface area contributed by atoms with Gasteiger partial charge in [-0.25, -0.2) is 4.39 Å². The summed E-state index contributed by atoms with van der Waals surface area (Å²) in [6, 6.07) is 16.4. The standard InChI is InChI=1S/C23H23FN4OS/c24-16-8-10-17(11-9-16)27-13-3-7-20(27)22-21(19-6-1-2-12-25-19)26-23(30)28(22)15-18-5-4-14-29-18/h1-3,6-13,18,21-22H,4-5,14-15H2,(H,26,30). The average molecular weight is 423 g/mol. The second-order valence-corrected chi connectivity index (χ2v) is 8.08. The number of hydrogen-bond donors (Lipinski definition) is 1. The molecule has 0 amide bonds.